The number of benzene rings is 3. The highest BCUT2D eigenvalue weighted by Gasteiger charge is 2.17. The molecule has 0 saturated carbocycles. The molecule has 0 heterocycles. The minimum Gasteiger partial charge on any atom is -0.493 e. The summed E-state index contributed by atoms with van der Waals surface area (Å²) in [6, 6.07) is 25.0. The van der Waals surface area contributed by atoms with Crippen LogP contribution in [0.1, 0.15) is 12.5 Å². The standard InChI is InChI=1S/C23H25NO2/c1-2-26-23-20(17-25-16-15-24)13-14-21(18-9-5-3-6-10-18)22(23)19-11-7-4-8-12-19/h3-14H,2,15-17,24H2,1H3. The Morgan fingerprint density at radius 2 is 1.46 bits per heavy atom. The minimum absolute atomic E-state index is 0.488. The van der Waals surface area contributed by atoms with Gasteiger partial charge in [0.15, 0.2) is 0 Å². The highest BCUT2D eigenvalue weighted by molar-refractivity contribution is 5.88. The summed E-state index contributed by atoms with van der Waals surface area (Å²) >= 11 is 0. The summed E-state index contributed by atoms with van der Waals surface area (Å²) in [4.78, 5) is 0. The van der Waals surface area contributed by atoms with E-state index in [2.05, 4.69) is 60.7 Å². The first-order valence-corrected chi connectivity index (χ1v) is 9.02. The maximum Gasteiger partial charge on any atom is 0.133 e. The zero-order valence-electron chi connectivity index (χ0n) is 15.2. The van der Waals surface area contributed by atoms with Gasteiger partial charge in [-0.3, -0.25) is 0 Å². The predicted molar refractivity (Wildman–Crippen MR) is 107 cm³/mol. The highest BCUT2D eigenvalue weighted by Crippen LogP contribution is 2.41. The lowest BCUT2D eigenvalue weighted by molar-refractivity contribution is 0.125. The van der Waals surface area contributed by atoms with Crippen molar-refractivity contribution in [2.24, 2.45) is 5.73 Å². The van der Waals surface area contributed by atoms with Gasteiger partial charge in [-0.15, -0.1) is 0 Å². The first-order valence-electron chi connectivity index (χ1n) is 9.02. The van der Waals surface area contributed by atoms with E-state index in [1.165, 1.54) is 5.56 Å². The van der Waals surface area contributed by atoms with Crippen molar-refractivity contribution >= 4 is 0 Å². The van der Waals surface area contributed by atoms with Crippen molar-refractivity contribution in [1.29, 1.82) is 0 Å². The van der Waals surface area contributed by atoms with Crippen molar-refractivity contribution in [3.8, 4) is 28.0 Å². The van der Waals surface area contributed by atoms with Gasteiger partial charge in [-0.2, -0.15) is 0 Å². The molecule has 0 aromatic heterocycles. The van der Waals surface area contributed by atoms with Crippen LogP contribution in [0.3, 0.4) is 0 Å². The lowest BCUT2D eigenvalue weighted by Crippen LogP contribution is -2.09. The number of hydrogen-bond donors (Lipinski definition) is 1. The van der Waals surface area contributed by atoms with Crippen molar-refractivity contribution in [1.82, 2.24) is 0 Å². The Kier molecular flexibility index (Phi) is 6.42. The summed E-state index contributed by atoms with van der Waals surface area (Å²) in [6.07, 6.45) is 0. The SMILES string of the molecule is CCOc1c(COCCN)ccc(-c2ccccc2)c1-c1ccccc1. The van der Waals surface area contributed by atoms with E-state index in [-0.39, 0.29) is 0 Å². The molecule has 3 nitrogen and oxygen atoms in total. The number of rotatable bonds is 8. The fourth-order valence-corrected chi connectivity index (χ4v) is 3.06. The lowest BCUT2D eigenvalue weighted by Gasteiger charge is -2.19. The van der Waals surface area contributed by atoms with Gasteiger partial charge in [-0.25, -0.2) is 0 Å². The van der Waals surface area contributed by atoms with Crippen LogP contribution in [-0.2, 0) is 11.3 Å². The molecule has 0 aliphatic rings. The maximum absolute atomic E-state index is 6.10. The van der Waals surface area contributed by atoms with E-state index < -0.39 is 0 Å². The average molecular weight is 347 g/mol. The van der Waals surface area contributed by atoms with E-state index in [0.29, 0.717) is 26.4 Å². The normalized spacial score (nSPS) is 10.7. The first kappa shape index (κ1) is 18.2. The Balaban J connectivity index is 2.17. The summed E-state index contributed by atoms with van der Waals surface area (Å²) in [7, 11) is 0. The highest BCUT2D eigenvalue weighted by atomic mass is 16.5. The third kappa shape index (κ3) is 4.13. The van der Waals surface area contributed by atoms with Crippen LogP contribution in [0, 0.1) is 0 Å². The van der Waals surface area contributed by atoms with Crippen molar-refractivity contribution in [2.45, 2.75) is 13.5 Å². The van der Waals surface area contributed by atoms with Gasteiger partial charge in [0, 0.05) is 17.7 Å². The van der Waals surface area contributed by atoms with E-state index in [9.17, 15) is 0 Å². The quantitative estimate of drug-likeness (QED) is 0.590. The summed E-state index contributed by atoms with van der Waals surface area (Å²) in [5.41, 5.74) is 11.2. The second kappa shape index (κ2) is 9.18. The Hall–Kier alpha value is -2.62. The van der Waals surface area contributed by atoms with Crippen molar-refractivity contribution < 1.29 is 9.47 Å². The van der Waals surface area contributed by atoms with E-state index in [4.69, 9.17) is 15.2 Å². The Morgan fingerprint density at radius 1 is 0.808 bits per heavy atom. The van der Waals surface area contributed by atoms with Gasteiger partial charge in [0.05, 0.1) is 19.8 Å². The molecule has 2 N–H and O–H groups in total. The number of nitrogens with two attached hydrogens (primary N) is 1. The van der Waals surface area contributed by atoms with Crippen LogP contribution in [0.25, 0.3) is 22.3 Å². The summed E-state index contributed by atoms with van der Waals surface area (Å²) in [5, 5.41) is 0. The number of ether oxygens (including phenoxy) is 2. The van der Waals surface area contributed by atoms with E-state index in [1.807, 2.05) is 19.1 Å². The molecule has 0 atom stereocenters. The zero-order valence-corrected chi connectivity index (χ0v) is 15.2. The molecule has 0 bridgehead atoms. The molecule has 0 spiro atoms. The molecule has 0 fully saturated rings. The molecule has 3 aromatic rings. The molecular weight excluding hydrogens is 322 g/mol. The van der Waals surface area contributed by atoms with Crippen LogP contribution in [0.15, 0.2) is 72.8 Å². The molecule has 3 aromatic carbocycles. The van der Waals surface area contributed by atoms with Crippen LogP contribution >= 0.6 is 0 Å². The van der Waals surface area contributed by atoms with Gasteiger partial charge in [-0.05, 0) is 23.6 Å². The summed E-state index contributed by atoms with van der Waals surface area (Å²) < 4.78 is 11.8. The van der Waals surface area contributed by atoms with E-state index in [1.54, 1.807) is 0 Å². The van der Waals surface area contributed by atoms with Crippen LogP contribution < -0.4 is 10.5 Å². The third-order valence-corrected chi connectivity index (χ3v) is 4.19. The van der Waals surface area contributed by atoms with Crippen molar-refractivity contribution in [3.63, 3.8) is 0 Å². The second-order valence-electron chi connectivity index (χ2n) is 5.98. The van der Waals surface area contributed by atoms with Gasteiger partial charge < -0.3 is 15.2 Å². The van der Waals surface area contributed by atoms with Crippen LogP contribution in [-0.4, -0.2) is 19.8 Å². The minimum atomic E-state index is 0.488. The van der Waals surface area contributed by atoms with Crippen LogP contribution in [0.2, 0.25) is 0 Å². The molecule has 0 aliphatic carbocycles. The van der Waals surface area contributed by atoms with Gasteiger partial charge in [0.25, 0.3) is 0 Å². The average Bonchev–Trinajstić information content (AvgIpc) is 2.70. The molecule has 26 heavy (non-hydrogen) atoms. The Bertz CT molecular complexity index is 816. The largest absolute Gasteiger partial charge is 0.493 e. The lowest BCUT2D eigenvalue weighted by atomic mass is 9.91. The van der Waals surface area contributed by atoms with Gasteiger partial charge in [0.1, 0.15) is 5.75 Å². The molecule has 0 radical (unpaired) electrons. The van der Waals surface area contributed by atoms with E-state index >= 15 is 0 Å². The van der Waals surface area contributed by atoms with Gasteiger partial charge in [0.2, 0.25) is 0 Å². The Labute approximate surface area is 155 Å². The zero-order chi connectivity index (χ0) is 18.2. The molecule has 3 rings (SSSR count). The number of hydrogen-bond acceptors (Lipinski definition) is 3. The molecule has 0 amide bonds. The fourth-order valence-electron chi connectivity index (χ4n) is 3.06. The summed E-state index contributed by atoms with van der Waals surface area (Å²) in [6.45, 7) is 4.14. The monoisotopic (exact) mass is 347 g/mol. The van der Waals surface area contributed by atoms with Gasteiger partial charge in [-0.1, -0.05) is 72.8 Å². The topological polar surface area (TPSA) is 44.5 Å². The van der Waals surface area contributed by atoms with Crippen molar-refractivity contribution in [3.05, 3.63) is 78.4 Å². The maximum atomic E-state index is 6.10. The third-order valence-electron chi connectivity index (χ3n) is 4.19. The molecule has 134 valence electrons. The fraction of sp³-hybridized carbons (Fsp3) is 0.217. The van der Waals surface area contributed by atoms with Crippen molar-refractivity contribution in [2.75, 3.05) is 19.8 Å². The Morgan fingerprint density at radius 3 is 2.08 bits per heavy atom. The predicted octanol–water partition coefficient (Wildman–Crippen LogP) is 4.89. The smallest absolute Gasteiger partial charge is 0.133 e. The molecule has 0 aliphatic heterocycles. The second-order valence-corrected chi connectivity index (χ2v) is 5.98. The molecule has 0 saturated heterocycles. The van der Waals surface area contributed by atoms with Gasteiger partial charge >= 0.3 is 0 Å². The van der Waals surface area contributed by atoms with E-state index in [0.717, 1.165) is 28.0 Å². The summed E-state index contributed by atoms with van der Waals surface area (Å²) in [5.74, 6) is 0.886. The molecular formula is C23H25NO2. The first-order chi connectivity index (χ1) is 12.8. The van der Waals surface area contributed by atoms with Crippen LogP contribution in [0.5, 0.6) is 5.75 Å². The van der Waals surface area contributed by atoms with Crippen LogP contribution in [0.4, 0.5) is 0 Å². The molecule has 3 heteroatoms. The molecule has 0 unspecified atom stereocenters.